The normalized spacial score (nSPS) is 9.95. The summed E-state index contributed by atoms with van der Waals surface area (Å²) in [6.07, 6.45) is 2.99. The molecule has 0 saturated heterocycles. The van der Waals surface area contributed by atoms with Crippen LogP contribution in [0.4, 0.5) is 11.4 Å². The second kappa shape index (κ2) is 5.26. The summed E-state index contributed by atoms with van der Waals surface area (Å²) in [5.41, 5.74) is 1.30. The molecule has 0 fully saturated rings. The number of benzene rings is 1. The molecule has 2 aromatic rings. The maximum absolute atomic E-state index is 11.9. The topological polar surface area (TPSA) is 85.1 Å². The van der Waals surface area contributed by atoms with Gasteiger partial charge in [0.15, 0.2) is 0 Å². The Kier molecular flexibility index (Phi) is 3.51. The Labute approximate surface area is 109 Å². The lowest BCUT2D eigenvalue weighted by molar-refractivity contribution is -0.385. The van der Waals surface area contributed by atoms with Crippen LogP contribution >= 0.6 is 0 Å². The Balaban J connectivity index is 2.23. The number of anilines is 1. The molecule has 0 aliphatic heterocycles. The second-order valence-corrected chi connectivity index (χ2v) is 3.95. The first kappa shape index (κ1) is 12.7. The number of rotatable bonds is 3. The van der Waals surface area contributed by atoms with Crippen LogP contribution in [0.2, 0.25) is 0 Å². The third-order valence-electron chi connectivity index (χ3n) is 2.59. The van der Waals surface area contributed by atoms with E-state index in [0.717, 1.165) is 0 Å². The minimum absolute atomic E-state index is 0.0241. The lowest BCUT2D eigenvalue weighted by Crippen LogP contribution is -2.12. The molecule has 96 valence electrons. The molecule has 0 aliphatic carbocycles. The van der Waals surface area contributed by atoms with Crippen LogP contribution in [0.1, 0.15) is 15.9 Å². The Hall–Kier alpha value is -2.76. The van der Waals surface area contributed by atoms with Gasteiger partial charge in [0.2, 0.25) is 0 Å². The molecule has 2 rings (SSSR count). The van der Waals surface area contributed by atoms with Crippen molar-refractivity contribution in [3.8, 4) is 0 Å². The van der Waals surface area contributed by atoms with Gasteiger partial charge in [-0.25, -0.2) is 0 Å². The van der Waals surface area contributed by atoms with E-state index in [4.69, 9.17) is 0 Å². The van der Waals surface area contributed by atoms with Crippen molar-refractivity contribution < 1.29 is 9.72 Å². The van der Waals surface area contributed by atoms with Gasteiger partial charge < -0.3 is 5.32 Å². The maximum Gasteiger partial charge on any atom is 0.274 e. The minimum Gasteiger partial charge on any atom is -0.322 e. The molecule has 0 saturated carbocycles. The van der Waals surface area contributed by atoms with Crippen molar-refractivity contribution in [1.29, 1.82) is 0 Å². The summed E-state index contributed by atoms with van der Waals surface area (Å²) in [5, 5.41) is 13.4. The fourth-order valence-corrected chi connectivity index (χ4v) is 1.58. The van der Waals surface area contributed by atoms with Crippen LogP contribution in [0.15, 0.2) is 42.7 Å². The zero-order chi connectivity index (χ0) is 13.8. The van der Waals surface area contributed by atoms with Crippen LogP contribution in [0, 0.1) is 17.0 Å². The van der Waals surface area contributed by atoms with Gasteiger partial charge in [-0.15, -0.1) is 0 Å². The average Bonchev–Trinajstić information content (AvgIpc) is 2.41. The van der Waals surface area contributed by atoms with E-state index >= 15 is 0 Å². The number of aryl methyl sites for hydroxylation is 1. The smallest absolute Gasteiger partial charge is 0.274 e. The number of pyridine rings is 1. The van der Waals surface area contributed by atoms with Crippen molar-refractivity contribution in [3.63, 3.8) is 0 Å². The molecule has 0 atom stereocenters. The van der Waals surface area contributed by atoms with Gasteiger partial charge >= 0.3 is 0 Å². The summed E-state index contributed by atoms with van der Waals surface area (Å²) in [5.74, 6) is -0.355. The van der Waals surface area contributed by atoms with Crippen LogP contribution in [-0.2, 0) is 0 Å². The Morgan fingerprint density at radius 3 is 2.79 bits per heavy atom. The highest BCUT2D eigenvalue weighted by molar-refractivity contribution is 6.04. The number of amides is 1. The van der Waals surface area contributed by atoms with Gasteiger partial charge in [0.1, 0.15) is 0 Å². The molecule has 1 aromatic heterocycles. The van der Waals surface area contributed by atoms with E-state index in [1.54, 1.807) is 37.4 Å². The van der Waals surface area contributed by atoms with Gasteiger partial charge in [0.05, 0.1) is 10.5 Å². The molecular weight excluding hydrogens is 246 g/mol. The summed E-state index contributed by atoms with van der Waals surface area (Å²) in [7, 11) is 0. The number of nitro groups is 1. The quantitative estimate of drug-likeness (QED) is 0.676. The van der Waals surface area contributed by atoms with Gasteiger partial charge in [0.25, 0.3) is 11.6 Å². The van der Waals surface area contributed by atoms with Crippen molar-refractivity contribution >= 4 is 17.3 Å². The Bertz CT molecular complexity index is 626. The van der Waals surface area contributed by atoms with Crippen LogP contribution in [0.3, 0.4) is 0 Å². The number of hydrogen-bond donors (Lipinski definition) is 1. The third kappa shape index (κ3) is 2.92. The molecular formula is C13H11N3O3. The van der Waals surface area contributed by atoms with Gasteiger partial charge in [-0.1, -0.05) is 6.07 Å². The Morgan fingerprint density at radius 2 is 2.16 bits per heavy atom. The van der Waals surface area contributed by atoms with Gasteiger partial charge in [0, 0.05) is 29.7 Å². The predicted octanol–water partition coefficient (Wildman–Crippen LogP) is 2.55. The van der Waals surface area contributed by atoms with Crippen molar-refractivity contribution in [2.24, 2.45) is 0 Å². The SMILES string of the molecule is Cc1ccc(NC(=O)c2cccnc2)cc1[N+](=O)[O-]. The van der Waals surface area contributed by atoms with Crippen LogP contribution < -0.4 is 5.32 Å². The lowest BCUT2D eigenvalue weighted by atomic mass is 10.2. The number of carbonyl (C=O) groups is 1. The monoisotopic (exact) mass is 257 g/mol. The fourth-order valence-electron chi connectivity index (χ4n) is 1.58. The molecule has 6 heteroatoms. The molecule has 1 N–H and O–H groups in total. The van der Waals surface area contributed by atoms with Crippen molar-refractivity contribution in [3.05, 3.63) is 64.0 Å². The maximum atomic E-state index is 11.9. The zero-order valence-electron chi connectivity index (χ0n) is 10.2. The number of nitrogens with one attached hydrogen (secondary N) is 1. The highest BCUT2D eigenvalue weighted by atomic mass is 16.6. The van der Waals surface area contributed by atoms with E-state index in [1.807, 2.05) is 0 Å². The average molecular weight is 257 g/mol. The van der Waals surface area contributed by atoms with Gasteiger partial charge in [-0.05, 0) is 25.1 Å². The molecule has 0 unspecified atom stereocenters. The molecule has 0 radical (unpaired) electrons. The minimum atomic E-state index is -0.477. The largest absolute Gasteiger partial charge is 0.322 e. The molecule has 19 heavy (non-hydrogen) atoms. The third-order valence-corrected chi connectivity index (χ3v) is 2.59. The van der Waals surface area contributed by atoms with E-state index in [9.17, 15) is 14.9 Å². The summed E-state index contributed by atoms with van der Waals surface area (Å²) in [6, 6.07) is 7.81. The molecule has 1 heterocycles. The first-order valence-electron chi connectivity index (χ1n) is 5.54. The summed E-state index contributed by atoms with van der Waals surface area (Å²) >= 11 is 0. The molecule has 6 nitrogen and oxygen atoms in total. The van der Waals surface area contributed by atoms with E-state index in [1.165, 1.54) is 12.3 Å². The fraction of sp³-hybridized carbons (Fsp3) is 0.0769. The van der Waals surface area contributed by atoms with Crippen LogP contribution in [0.5, 0.6) is 0 Å². The van der Waals surface area contributed by atoms with E-state index < -0.39 is 4.92 Å². The summed E-state index contributed by atoms with van der Waals surface area (Å²) in [4.78, 5) is 26.0. The summed E-state index contributed by atoms with van der Waals surface area (Å²) in [6.45, 7) is 1.64. The van der Waals surface area contributed by atoms with Crippen LogP contribution in [-0.4, -0.2) is 15.8 Å². The Morgan fingerprint density at radius 1 is 1.37 bits per heavy atom. The number of hydrogen-bond acceptors (Lipinski definition) is 4. The van der Waals surface area contributed by atoms with Gasteiger partial charge in [-0.2, -0.15) is 0 Å². The number of carbonyl (C=O) groups excluding carboxylic acids is 1. The van der Waals surface area contributed by atoms with Crippen molar-refractivity contribution in [2.45, 2.75) is 6.92 Å². The molecule has 0 bridgehead atoms. The molecule has 0 spiro atoms. The highest BCUT2D eigenvalue weighted by Gasteiger charge is 2.13. The summed E-state index contributed by atoms with van der Waals surface area (Å²) < 4.78 is 0. The lowest BCUT2D eigenvalue weighted by Gasteiger charge is -2.05. The van der Waals surface area contributed by atoms with E-state index in [2.05, 4.69) is 10.3 Å². The van der Waals surface area contributed by atoms with E-state index in [0.29, 0.717) is 16.8 Å². The predicted molar refractivity (Wildman–Crippen MR) is 70.0 cm³/mol. The standard InChI is InChI=1S/C13H11N3O3/c1-9-4-5-11(7-12(9)16(18)19)15-13(17)10-3-2-6-14-8-10/h2-8H,1H3,(H,15,17). The number of aromatic nitrogens is 1. The van der Waals surface area contributed by atoms with Crippen molar-refractivity contribution in [1.82, 2.24) is 4.98 Å². The first-order chi connectivity index (χ1) is 9.08. The van der Waals surface area contributed by atoms with Gasteiger partial charge in [-0.3, -0.25) is 19.9 Å². The second-order valence-electron chi connectivity index (χ2n) is 3.95. The highest BCUT2D eigenvalue weighted by Crippen LogP contribution is 2.22. The first-order valence-corrected chi connectivity index (χ1v) is 5.54. The molecule has 0 aliphatic rings. The van der Waals surface area contributed by atoms with E-state index in [-0.39, 0.29) is 11.6 Å². The molecule has 1 aromatic carbocycles. The number of nitro benzene ring substituents is 1. The van der Waals surface area contributed by atoms with Crippen molar-refractivity contribution in [2.75, 3.05) is 5.32 Å². The molecule has 1 amide bonds. The zero-order valence-corrected chi connectivity index (χ0v) is 10.2. The number of nitrogens with zero attached hydrogens (tertiary/aromatic N) is 2. The van der Waals surface area contributed by atoms with Crippen LogP contribution in [0.25, 0.3) is 0 Å².